The lowest BCUT2D eigenvalue weighted by Crippen LogP contribution is -2.08. The molecule has 4 rings (SSSR count). The van der Waals surface area contributed by atoms with Gasteiger partial charge >= 0.3 is 0 Å². The van der Waals surface area contributed by atoms with Gasteiger partial charge in [0, 0.05) is 16.0 Å². The summed E-state index contributed by atoms with van der Waals surface area (Å²) in [5.41, 5.74) is 4.18. The Kier molecular flexibility index (Phi) is 4.12. The van der Waals surface area contributed by atoms with Crippen molar-refractivity contribution in [2.45, 2.75) is 43.9 Å². The van der Waals surface area contributed by atoms with E-state index in [9.17, 15) is 0 Å². The average Bonchev–Trinajstić information content (AvgIpc) is 2.92. The lowest BCUT2D eigenvalue weighted by atomic mass is 9.89. The van der Waals surface area contributed by atoms with Gasteiger partial charge in [0.1, 0.15) is 16.2 Å². The van der Waals surface area contributed by atoms with Crippen LogP contribution in [0.3, 0.4) is 0 Å². The second kappa shape index (κ2) is 6.25. The first-order valence-electron chi connectivity index (χ1n) is 8.14. The summed E-state index contributed by atoms with van der Waals surface area (Å²) >= 11 is 3.72. The predicted molar refractivity (Wildman–Crippen MR) is 99.3 cm³/mol. The van der Waals surface area contributed by atoms with Crippen LogP contribution in [0.25, 0.3) is 10.2 Å². The highest BCUT2D eigenvalue weighted by Crippen LogP contribution is 2.40. The van der Waals surface area contributed by atoms with Crippen LogP contribution in [0.2, 0.25) is 0 Å². The minimum Gasteiger partial charge on any atom is -0.229 e. The molecule has 0 spiro atoms. The number of rotatable bonds is 3. The van der Waals surface area contributed by atoms with E-state index in [0.29, 0.717) is 0 Å². The number of hydrogen-bond donors (Lipinski definition) is 0. The van der Waals surface area contributed by atoms with Gasteiger partial charge in [0.15, 0.2) is 0 Å². The lowest BCUT2D eigenvalue weighted by Gasteiger charge is -2.18. The Bertz CT molecular complexity index is 836. The zero-order chi connectivity index (χ0) is 15.8. The van der Waals surface area contributed by atoms with Crippen LogP contribution in [0.4, 0.5) is 0 Å². The van der Waals surface area contributed by atoms with Gasteiger partial charge in [-0.1, -0.05) is 36.8 Å². The fourth-order valence-corrected chi connectivity index (χ4v) is 5.59. The van der Waals surface area contributed by atoms with Crippen molar-refractivity contribution in [1.82, 2.24) is 9.97 Å². The molecule has 0 radical (unpaired) electrons. The third kappa shape index (κ3) is 3.02. The number of nitrogens with zero attached hydrogens (tertiary/aromatic N) is 2. The zero-order valence-electron chi connectivity index (χ0n) is 13.5. The maximum absolute atomic E-state index is 4.60. The molecule has 0 amide bonds. The van der Waals surface area contributed by atoms with Crippen LogP contribution in [0.15, 0.2) is 35.6 Å². The summed E-state index contributed by atoms with van der Waals surface area (Å²) in [7, 11) is 0. The molecule has 0 unspecified atom stereocenters. The first-order chi connectivity index (χ1) is 11.2. The van der Waals surface area contributed by atoms with Crippen molar-refractivity contribution < 1.29 is 0 Å². The molecule has 0 fully saturated rings. The fourth-order valence-electron chi connectivity index (χ4n) is 3.19. The average molecular weight is 341 g/mol. The van der Waals surface area contributed by atoms with Crippen molar-refractivity contribution in [3.8, 4) is 0 Å². The Labute approximate surface area is 145 Å². The van der Waals surface area contributed by atoms with E-state index in [4.69, 9.17) is 0 Å². The quantitative estimate of drug-likeness (QED) is 0.470. The second-order valence-electron chi connectivity index (χ2n) is 6.49. The molecule has 1 aliphatic rings. The normalized spacial score (nSPS) is 17.4. The first-order valence-corrected chi connectivity index (χ1v) is 9.94. The first kappa shape index (κ1) is 15.2. The maximum Gasteiger partial charge on any atom is 0.128 e. The second-order valence-corrected chi connectivity index (χ2v) is 8.53. The van der Waals surface area contributed by atoms with Crippen LogP contribution in [-0.4, -0.2) is 9.97 Å². The number of benzene rings is 1. The standard InChI is InChI=1S/C19H20N2S2/c1-12-3-6-14(7-4-12)10-22-18-17-15-8-5-13(2)9-16(15)23-19(17)21-11-20-18/h3-4,6-7,11,13H,5,8-10H2,1-2H3/t13-/m0/s1. The predicted octanol–water partition coefficient (Wildman–Crippen LogP) is 5.42. The molecule has 0 N–H and O–H groups in total. The molecular weight excluding hydrogens is 320 g/mol. The molecule has 23 heavy (non-hydrogen) atoms. The minimum absolute atomic E-state index is 0.798. The van der Waals surface area contributed by atoms with Gasteiger partial charge in [-0.05, 0) is 43.2 Å². The number of aromatic nitrogens is 2. The third-order valence-corrected chi connectivity index (χ3v) is 6.78. The highest BCUT2D eigenvalue weighted by atomic mass is 32.2. The molecule has 0 saturated carbocycles. The van der Waals surface area contributed by atoms with Crippen molar-refractivity contribution >= 4 is 33.3 Å². The Balaban J connectivity index is 1.66. The summed E-state index contributed by atoms with van der Waals surface area (Å²) in [6.07, 6.45) is 5.40. The molecule has 0 bridgehead atoms. The minimum atomic E-state index is 0.798. The zero-order valence-corrected chi connectivity index (χ0v) is 15.1. The van der Waals surface area contributed by atoms with E-state index in [0.717, 1.165) is 16.7 Å². The van der Waals surface area contributed by atoms with E-state index in [-0.39, 0.29) is 0 Å². The number of thioether (sulfide) groups is 1. The van der Waals surface area contributed by atoms with E-state index >= 15 is 0 Å². The van der Waals surface area contributed by atoms with Crippen molar-refractivity contribution in [2.75, 3.05) is 0 Å². The Morgan fingerprint density at radius 2 is 2.04 bits per heavy atom. The third-order valence-electron chi connectivity index (χ3n) is 4.55. The molecule has 1 aliphatic carbocycles. The van der Waals surface area contributed by atoms with Gasteiger partial charge in [0.05, 0.1) is 0 Å². The van der Waals surface area contributed by atoms with Gasteiger partial charge in [-0.2, -0.15) is 0 Å². The van der Waals surface area contributed by atoms with Gasteiger partial charge in [-0.3, -0.25) is 0 Å². The van der Waals surface area contributed by atoms with Crippen LogP contribution >= 0.6 is 23.1 Å². The maximum atomic E-state index is 4.60. The van der Waals surface area contributed by atoms with Crippen molar-refractivity contribution in [1.29, 1.82) is 0 Å². The monoisotopic (exact) mass is 340 g/mol. The lowest BCUT2D eigenvalue weighted by molar-refractivity contribution is 0.509. The smallest absolute Gasteiger partial charge is 0.128 e. The van der Waals surface area contributed by atoms with Gasteiger partial charge < -0.3 is 0 Å². The van der Waals surface area contributed by atoms with E-state index in [1.807, 2.05) is 23.1 Å². The molecule has 2 aromatic heterocycles. The summed E-state index contributed by atoms with van der Waals surface area (Å²) in [6.45, 7) is 4.48. The molecule has 1 atom stereocenters. The van der Waals surface area contributed by atoms with Crippen molar-refractivity contribution in [2.24, 2.45) is 5.92 Å². The molecule has 4 heteroatoms. The Morgan fingerprint density at radius 1 is 1.22 bits per heavy atom. The summed E-state index contributed by atoms with van der Waals surface area (Å²) < 4.78 is 0. The summed E-state index contributed by atoms with van der Waals surface area (Å²) in [4.78, 5) is 11.8. The van der Waals surface area contributed by atoms with Crippen LogP contribution in [0.1, 0.15) is 34.9 Å². The molecule has 2 heterocycles. The van der Waals surface area contributed by atoms with Gasteiger partial charge in [-0.15, -0.1) is 23.1 Å². The molecule has 2 nitrogen and oxygen atoms in total. The largest absolute Gasteiger partial charge is 0.229 e. The molecule has 0 aliphatic heterocycles. The molecule has 118 valence electrons. The van der Waals surface area contributed by atoms with E-state index in [1.54, 1.807) is 6.33 Å². The number of thiophene rings is 1. The number of aryl methyl sites for hydroxylation is 2. The Hall–Kier alpha value is -1.39. The number of fused-ring (bicyclic) bond motifs is 3. The fraction of sp³-hybridized carbons (Fsp3) is 0.368. The van der Waals surface area contributed by atoms with Gasteiger partial charge in [0.25, 0.3) is 0 Å². The topological polar surface area (TPSA) is 25.8 Å². The molecule has 1 aromatic carbocycles. The Morgan fingerprint density at radius 3 is 2.87 bits per heavy atom. The molecule has 3 aromatic rings. The van der Waals surface area contributed by atoms with E-state index < -0.39 is 0 Å². The SMILES string of the molecule is Cc1ccc(CSc2ncnc3sc4c(c23)CC[C@H](C)C4)cc1. The highest BCUT2D eigenvalue weighted by molar-refractivity contribution is 7.98. The van der Waals surface area contributed by atoms with Crippen molar-refractivity contribution in [3.05, 3.63) is 52.2 Å². The number of hydrogen-bond acceptors (Lipinski definition) is 4. The summed E-state index contributed by atoms with van der Waals surface area (Å²) in [5.74, 6) is 1.76. The van der Waals surface area contributed by atoms with Crippen LogP contribution in [0.5, 0.6) is 0 Å². The van der Waals surface area contributed by atoms with E-state index in [2.05, 4.69) is 48.1 Å². The van der Waals surface area contributed by atoms with Crippen LogP contribution in [0, 0.1) is 12.8 Å². The highest BCUT2D eigenvalue weighted by Gasteiger charge is 2.23. The van der Waals surface area contributed by atoms with Gasteiger partial charge in [0.2, 0.25) is 0 Å². The summed E-state index contributed by atoms with van der Waals surface area (Å²) in [6, 6.07) is 8.79. The van der Waals surface area contributed by atoms with E-state index in [1.165, 1.54) is 51.0 Å². The van der Waals surface area contributed by atoms with Crippen LogP contribution < -0.4 is 0 Å². The molecule has 0 saturated heterocycles. The summed E-state index contributed by atoms with van der Waals surface area (Å²) in [5, 5.41) is 2.49. The van der Waals surface area contributed by atoms with Crippen LogP contribution in [-0.2, 0) is 18.6 Å². The van der Waals surface area contributed by atoms with Gasteiger partial charge in [-0.25, -0.2) is 9.97 Å². The molecular formula is C19H20N2S2. The van der Waals surface area contributed by atoms with Crippen molar-refractivity contribution in [3.63, 3.8) is 0 Å².